The van der Waals surface area contributed by atoms with E-state index in [2.05, 4.69) is 4.98 Å². The molecule has 0 aliphatic heterocycles. The monoisotopic (exact) mass is 691 g/mol. The number of benzene rings is 7. The highest BCUT2D eigenvalue weighted by molar-refractivity contribution is 7.26. The van der Waals surface area contributed by atoms with Crippen molar-refractivity contribution in [1.29, 1.82) is 0 Å². The van der Waals surface area contributed by atoms with Crippen molar-refractivity contribution in [3.05, 3.63) is 157 Å². The van der Waals surface area contributed by atoms with Gasteiger partial charge in [-0.3, -0.25) is 4.57 Å². The third-order valence-electron chi connectivity index (χ3n) is 8.37. The number of fused-ring (bicyclic) bond motifs is 10. The van der Waals surface area contributed by atoms with E-state index in [0.29, 0.717) is 5.56 Å². The summed E-state index contributed by atoms with van der Waals surface area (Å²) >= 11 is 0.824. The van der Waals surface area contributed by atoms with Crippen LogP contribution >= 0.6 is 11.3 Å². The van der Waals surface area contributed by atoms with Crippen LogP contribution in [0.5, 0.6) is 0 Å². The summed E-state index contributed by atoms with van der Waals surface area (Å²) in [6, 6.07) is -5.84. The Morgan fingerprint density at radius 2 is 1.29 bits per heavy atom. The van der Waals surface area contributed by atoms with Crippen LogP contribution in [0.4, 0.5) is 0 Å². The molecule has 4 heterocycles. The Labute approximate surface area is 325 Å². The Hall–Kier alpha value is -6.63. The van der Waals surface area contributed by atoms with Crippen LogP contribution in [0.15, 0.2) is 162 Å². The van der Waals surface area contributed by atoms with E-state index in [9.17, 15) is 8.22 Å². The van der Waals surface area contributed by atoms with Gasteiger partial charge in [0.2, 0.25) is 5.95 Å². The van der Waals surface area contributed by atoms with E-state index in [0.717, 1.165) is 11.3 Å². The van der Waals surface area contributed by atoms with Crippen molar-refractivity contribution in [1.82, 2.24) is 19.5 Å². The van der Waals surface area contributed by atoms with E-state index in [1.807, 2.05) is 0 Å². The van der Waals surface area contributed by atoms with Gasteiger partial charge in [0.1, 0.15) is 11.2 Å². The molecular weight excluding hydrogens is 645 g/mol. The quantitative estimate of drug-likeness (QED) is 0.184. The van der Waals surface area contributed by atoms with Crippen LogP contribution in [-0.4, -0.2) is 19.5 Å². The third kappa shape index (κ3) is 4.30. The molecule has 6 heteroatoms. The highest BCUT2D eigenvalue weighted by Gasteiger charge is 2.22. The van der Waals surface area contributed by atoms with Crippen LogP contribution in [-0.2, 0) is 0 Å². The summed E-state index contributed by atoms with van der Waals surface area (Å²) in [4.78, 5) is 14.2. The average Bonchev–Trinajstić information content (AvgIpc) is 4.08. The summed E-state index contributed by atoms with van der Waals surface area (Å²) in [6.07, 6.45) is 0. The molecule has 0 atom stereocenters. The predicted molar refractivity (Wildman–Crippen MR) is 211 cm³/mol. The molecule has 0 fully saturated rings. The number of rotatable bonds is 4. The molecule has 0 unspecified atom stereocenters. The highest BCUT2D eigenvalue weighted by Crippen LogP contribution is 2.43. The van der Waals surface area contributed by atoms with E-state index in [4.69, 9.17) is 34.9 Å². The second-order valence-corrected chi connectivity index (χ2v) is 12.2. The maximum atomic E-state index is 9.64. The van der Waals surface area contributed by atoms with Crippen LogP contribution in [0, 0.1) is 0 Å². The molecule has 0 aliphatic rings. The SMILES string of the molecule is [2H]c1c([2H])c([2H])c(-c2c([2H])c([2H])c([2H])c3oc4c([2H])c(-c5nc(-c6ccccc6)nc(-n6c7c([2H])c([2H])c([2H])c([2H])c7c7c([2H])c([2H])c8c(sc9c([2H])c([2H])c([2H])c([2H])c98)c76)n5)c([2H])c([2H])c4c23)c([2H])c1[2H]. The average molecular weight is 692 g/mol. The molecule has 0 radical (unpaired) electrons. The van der Waals surface area contributed by atoms with Gasteiger partial charge in [0, 0.05) is 48.1 Å². The van der Waals surface area contributed by atoms with Gasteiger partial charge in [-0.1, -0.05) is 127 Å². The maximum Gasteiger partial charge on any atom is 0.238 e. The first-order valence-electron chi connectivity index (χ1n) is 25.7. The zero-order chi connectivity index (χ0) is 51.7. The number of thiophene rings is 1. The van der Waals surface area contributed by atoms with Crippen LogP contribution in [0.1, 0.15) is 28.8 Å². The molecule has 0 aliphatic carbocycles. The van der Waals surface area contributed by atoms with Crippen LogP contribution in [0.25, 0.3) is 104 Å². The fourth-order valence-corrected chi connectivity index (χ4v) is 7.29. The van der Waals surface area contributed by atoms with Crippen molar-refractivity contribution < 1.29 is 33.2 Å². The Morgan fingerprint density at radius 1 is 0.549 bits per heavy atom. The largest absolute Gasteiger partial charge is 0.456 e. The van der Waals surface area contributed by atoms with Gasteiger partial charge in [0.25, 0.3) is 0 Å². The van der Waals surface area contributed by atoms with E-state index in [-0.39, 0.29) is 58.6 Å². The maximum absolute atomic E-state index is 9.64. The molecule has 0 spiro atoms. The van der Waals surface area contributed by atoms with Gasteiger partial charge in [0.05, 0.1) is 44.5 Å². The summed E-state index contributed by atoms with van der Waals surface area (Å²) in [5.41, 5.74) is -2.59. The molecule has 0 saturated heterocycles. The van der Waals surface area contributed by atoms with Crippen molar-refractivity contribution in [2.24, 2.45) is 0 Å². The molecule has 0 bridgehead atoms. The molecule has 4 aromatic heterocycles. The summed E-state index contributed by atoms with van der Waals surface area (Å²) in [5.74, 6) is -1.08. The molecule has 7 aromatic carbocycles. The van der Waals surface area contributed by atoms with Gasteiger partial charge in [-0.2, -0.15) is 9.97 Å². The summed E-state index contributed by atoms with van der Waals surface area (Å²) in [7, 11) is 0. The van der Waals surface area contributed by atoms with E-state index >= 15 is 0 Å². The van der Waals surface area contributed by atoms with Gasteiger partial charge in [-0.15, -0.1) is 11.3 Å². The minimum atomic E-state index is -0.777. The van der Waals surface area contributed by atoms with E-state index in [1.165, 1.54) is 4.57 Å². The zero-order valence-corrected chi connectivity index (χ0v) is 26.3. The predicted octanol–water partition coefficient (Wildman–Crippen LogP) is 12.2. The van der Waals surface area contributed by atoms with Gasteiger partial charge in [-0.05, 0) is 41.3 Å². The zero-order valence-electron chi connectivity index (χ0n) is 46.5. The lowest BCUT2D eigenvalue weighted by molar-refractivity contribution is 0.669. The van der Waals surface area contributed by atoms with Gasteiger partial charge in [0.15, 0.2) is 11.6 Å². The Morgan fingerprint density at radius 3 is 2.18 bits per heavy atom. The fraction of sp³-hybridized carbons (Fsp3) is 0. The van der Waals surface area contributed by atoms with Gasteiger partial charge < -0.3 is 4.42 Å². The number of hydrogen-bond donors (Lipinski definition) is 0. The number of nitrogens with zero attached hydrogens (tertiary/aromatic N) is 4. The lowest BCUT2D eigenvalue weighted by Crippen LogP contribution is -2.06. The third-order valence-corrected chi connectivity index (χ3v) is 9.48. The summed E-state index contributed by atoms with van der Waals surface area (Å²) < 4.78 is 194. The van der Waals surface area contributed by atoms with Crippen molar-refractivity contribution in [3.8, 4) is 39.9 Å². The molecule has 5 nitrogen and oxygen atoms in total. The number of para-hydroxylation sites is 1. The number of hydrogen-bond acceptors (Lipinski definition) is 5. The molecular formula is C45H26N4OS. The Bertz CT molecular complexity index is 4330. The molecule has 0 N–H and O–H groups in total. The Balaban J connectivity index is 1.31. The second-order valence-electron chi connectivity index (χ2n) is 11.2. The van der Waals surface area contributed by atoms with E-state index < -0.39 is 167 Å². The second kappa shape index (κ2) is 10.9. The summed E-state index contributed by atoms with van der Waals surface area (Å²) in [6.45, 7) is 0. The molecule has 0 amide bonds. The normalized spacial score (nSPS) is 17.7. The molecule has 0 saturated carbocycles. The molecule has 51 heavy (non-hydrogen) atoms. The highest BCUT2D eigenvalue weighted by atomic mass is 32.1. The van der Waals surface area contributed by atoms with Crippen LogP contribution in [0.3, 0.4) is 0 Å². The van der Waals surface area contributed by atoms with Crippen LogP contribution < -0.4 is 0 Å². The minimum absolute atomic E-state index is 0.00882. The first-order chi connectivity index (χ1) is 34.0. The molecule has 11 aromatic rings. The number of aromatic nitrogens is 4. The van der Waals surface area contributed by atoms with Crippen molar-refractivity contribution in [2.45, 2.75) is 0 Å². The van der Waals surface area contributed by atoms with E-state index in [1.54, 1.807) is 30.3 Å². The van der Waals surface area contributed by atoms with Crippen molar-refractivity contribution >= 4 is 75.3 Å². The molecule has 238 valence electrons. The topological polar surface area (TPSA) is 56.7 Å². The minimum Gasteiger partial charge on any atom is -0.456 e. The fourth-order valence-electron chi connectivity index (χ4n) is 6.18. The first-order valence-corrected chi connectivity index (χ1v) is 16.1. The van der Waals surface area contributed by atoms with Crippen molar-refractivity contribution in [2.75, 3.05) is 0 Å². The summed E-state index contributed by atoms with van der Waals surface area (Å²) in [5, 5.41) is -1.31. The standard InChI is InChI=1S/C45H26N4OS/c1-3-12-27(13-4-1)30-18-11-20-37-40(30)35-23-22-29(26-38(35)50-37)44-46-43(28-14-5-2-6-15-28)47-45(48-44)49-36-19-9-7-16-31(36)33-24-25-34-32-17-8-10-21-39(32)51-42(34)41(33)49/h1-26H/i1D,3D,4D,7D,8D,9D,10D,11D,12D,13D,16D,17D,18D,19D,20D,21D,22D,23D,24D,25D,26D. The van der Waals surface area contributed by atoms with Crippen molar-refractivity contribution in [3.63, 3.8) is 0 Å². The Kier molecular flexibility index (Phi) is 3.15. The van der Waals surface area contributed by atoms with Crippen LogP contribution in [0.2, 0.25) is 0 Å². The first kappa shape index (κ1) is 14.7. The number of furan rings is 1. The van der Waals surface area contributed by atoms with Gasteiger partial charge >= 0.3 is 0 Å². The van der Waals surface area contributed by atoms with Gasteiger partial charge in [-0.25, -0.2) is 4.98 Å². The lowest BCUT2D eigenvalue weighted by atomic mass is 9.99. The smallest absolute Gasteiger partial charge is 0.238 e. The lowest BCUT2D eigenvalue weighted by Gasteiger charge is -2.11. The molecule has 11 rings (SSSR count).